The van der Waals surface area contributed by atoms with Crippen molar-refractivity contribution in [2.45, 2.75) is 224 Å². The number of hydrogen-bond acceptors (Lipinski definition) is 12. The number of ether oxygens (including phenoxy) is 2. The number of aliphatic hydroxyl groups excluding tert-OH is 5. The lowest BCUT2D eigenvalue weighted by atomic mass is 9.85. The van der Waals surface area contributed by atoms with Gasteiger partial charge in [-0.1, -0.05) is 164 Å². The van der Waals surface area contributed by atoms with Crippen LogP contribution in [0.4, 0.5) is 0 Å². The number of aliphatic hydroxyl groups is 5. The van der Waals surface area contributed by atoms with E-state index in [9.17, 15) is 44.6 Å². The molecule has 0 saturated heterocycles. The molecule has 0 spiro atoms. The van der Waals surface area contributed by atoms with Gasteiger partial charge in [-0.25, -0.2) is 4.57 Å². The molecule has 1 saturated carbocycles. The predicted molar refractivity (Wildman–Crippen MR) is 258 cm³/mol. The maximum Gasteiger partial charge on any atom is 0.472 e. The van der Waals surface area contributed by atoms with E-state index in [2.05, 4.69) is 68.5 Å². The topological polar surface area (TPSA) is 210 Å². The molecular formula is C51H87O13P. The van der Waals surface area contributed by atoms with Crippen molar-refractivity contribution < 1.29 is 63.1 Å². The number of esters is 2. The van der Waals surface area contributed by atoms with E-state index in [4.69, 9.17) is 18.5 Å². The highest BCUT2D eigenvalue weighted by molar-refractivity contribution is 7.47. The number of allylic oxidation sites excluding steroid dienone is 12. The van der Waals surface area contributed by atoms with Crippen molar-refractivity contribution in [2.75, 3.05) is 13.2 Å². The van der Waals surface area contributed by atoms with Crippen molar-refractivity contribution in [1.29, 1.82) is 0 Å². The molecule has 1 aliphatic rings. The van der Waals surface area contributed by atoms with Crippen molar-refractivity contribution in [2.24, 2.45) is 0 Å². The number of rotatable bonds is 40. The molecule has 0 aromatic heterocycles. The Morgan fingerprint density at radius 3 is 1.37 bits per heavy atom. The number of phosphoric ester groups is 1. The van der Waals surface area contributed by atoms with Gasteiger partial charge in [0, 0.05) is 12.8 Å². The Bertz CT molecular complexity index is 1410. The minimum atomic E-state index is -5.14. The van der Waals surface area contributed by atoms with Crippen molar-refractivity contribution in [1.82, 2.24) is 0 Å². The first-order valence-corrected chi connectivity index (χ1v) is 26.2. The smallest absolute Gasteiger partial charge is 0.462 e. The quantitative estimate of drug-likeness (QED) is 0.0146. The van der Waals surface area contributed by atoms with Crippen LogP contribution in [0.2, 0.25) is 0 Å². The molecule has 0 radical (unpaired) electrons. The molecule has 1 rings (SSSR count). The molecule has 0 aromatic rings. The van der Waals surface area contributed by atoms with Crippen LogP contribution in [0, 0.1) is 0 Å². The van der Waals surface area contributed by atoms with E-state index >= 15 is 0 Å². The molecule has 0 aliphatic heterocycles. The van der Waals surface area contributed by atoms with E-state index in [1.807, 2.05) is 18.2 Å². The highest BCUT2D eigenvalue weighted by Gasteiger charge is 2.51. The van der Waals surface area contributed by atoms with Gasteiger partial charge in [-0.15, -0.1) is 0 Å². The normalized spacial score (nSPS) is 22.0. The molecule has 6 unspecified atom stereocenters. The summed E-state index contributed by atoms with van der Waals surface area (Å²) in [5.41, 5.74) is 0. The maximum atomic E-state index is 12.8. The van der Waals surface area contributed by atoms with Gasteiger partial charge in [-0.2, -0.15) is 0 Å². The molecule has 8 atom stereocenters. The average molecular weight is 939 g/mol. The van der Waals surface area contributed by atoms with Gasteiger partial charge >= 0.3 is 19.8 Å². The van der Waals surface area contributed by atoms with E-state index in [0.29, 0.717) is 19.3 Å². The molecule has 13 nitrogen and oxygen atoms in total. The number of unbranched alkanes of at least 4 members (excludes halogenated alkanes) is 16. The molecule has 0 bridgehead atoms. The van der Waals surface area contributed by atoms with E-state index in [-0.39, 0.29) is 12.8 Å². The maximum absolute atomic E-state index is 12.8. The minimum absolute atomic E-state index is 0.0298. The van der Waals surface area contributed by atoms with Gasteiger partial charge in [0.25, 0.3) is 0 Å². The van der Waals surface area contributed by atoms with Gasteiger partial charge in [-0.3, -0.25) is 18.6 Å². The number of hydrogen-bond donors (Lipinski definition) is 6. The van der Waals surface area contributed by atoms with Crippen molar-refractivity contribution in [3.63, 3.8) is 0 Å². The predicted octanol–water partition coefficient (Wildman–Crippen LogP) is 10.3. The zero-order valence-corrected chi connectivity index (χ0v) is 40.7. The molecule has 0 aromatic carbocycles. The molecule has 0 heterocycles. The van der Waals surface area contributed by atoms with Crippen LogP contribution in [0.15, 0.2) is 72.9 Å². The van der Waals surface area contributed by atoms with Crippen LogP contribution >= 0.6 is 7.82 Å². The SMILES string of the molecule is CCCCC/C=C/C/C=C/C/C=C/C/C=C/C/C=C/CCC(=O)O[C@H](COC(=O)CCCCCCCCCCC/C=C/CCCCCC)COP(=O)(O)OC1C(O)C(O)C(O)[C@@H](O)C1O. The Kier molecular flexibility index (Phi) is 37.5. The standard InChI is InChI=1S/C51H87O13P/c1-3-5-7-9-11-13-15-17-19-21-22-24-26-28-30-32-34-36-38-40-45(53)63-43(42-62-65(59,60)64-51-49(57)47(55)46(54)48(56)50(51)58)41-61-44(52)39-37-35-33-31-29-27-25-23-20-18-16-14-12-10-8-6-4-2/h11,13-14,16-17,19,22,24,28,30,34,36,43,46-51,54-58H,3-10,12,15,18,20-21,23,25-27,29,31-33,35,37-42H2,1-2H3,(H,59,60)/b13-11+,16-14+,19-17+,24-22+,30-28+,36-34+/t43-,46?,47-,48?,49?,50?,51?/m1/s1. The van der Waals surface area contributed by atoms with Crippen molar-refractivity contribution in [3.8, 4) is 0 Å². The summed E-state index contributed by atoms with van der Waals surface area (Å²) >= 11 is 0. The second-order valence-corrected chi connectivity index (χ2v) is 18.4. The Morgan fingerprint density at radius 1 is 0.477 bits per heavy atom. The Labute approximate surface area is 391 Å². The van der Waals surface area contributed by atoms with Crippen LogP contribution in [-0.4, -0.2) is 98.3 Å². The summed E-state index contributed by atoms with van der Waals surface area (Å²) < 4.78 is 33.5. The molecular weight excluding hydrogens is 852 g/mol. The molecule has 6 N–H and O–H groups in total. The van der Waals surface area contributed by atoms with Gasteiger partial charge in [0.2, 0.25) is 0 Å². The molecule has 1 fully saturated rings. The lowest BCUT2D eigenvalue weighted by molar-refractivity contribution is -0.220. The van der Waals surface area contributed by atoms with Crippen LogP contribution in [0.3, 0.4) is 0 Å². The third-order valence-electron chi connectivity index (χ3n) is 11.0. The molecule has 14 heteroatoms. The lowest BCUT2D eigenvalue weighted by Gasteiger charge is -2.41. The second-order valence-electron chi connectivity index (χ2n) is 17.0. The van der Waals surface area contributed by atoms with Gasteiger partial charge in [0.1, 0.15) is 43.2 Å². The van der Waals surface area contributed by atoms with Gasteiger partial charge in [-0.05, 0) is 77.0 Å². The molecule has 65 heavy (non-hydrogen) atoms. The van der Waals surface area contributed by atoms with E-state index in [1.165, 1.54) is 77.0 Å². The minimum Gasteiger partial charge on any atom is -0.462 e. The lowest BCUT2D eigenvalue weighted by Crippen LogP contribution is -2.64. The van der Waals surface area contributed by atoms with Crippen LogP contribution in [-0.2, 0) is 32.7 Å². The molecule has 0 amide bonds. The van der Waals surface area contributed by atoms with Crippen LogP contribution in [0.1, 0.15) is 181 Å². The number of carbonyl (C=O) groups excluding carboxylic acids is 2. The fourth-order valence-corrected chi connectivity index (χ4v) is 8.00. The van der Waals surface area contributed by atoms with Crippen molar-refractivity contribution >= 4 is 19.8 Å². The summed E-state index contributed by atoms with van der Waals surface area (Å²) in [7, 11) is -5.14. The third kappa shape index (κ3) is 32.6. The Balaban J connectivity index is 2.49. The summed E-state index contributed by atoms with van der Waals surface area (Å²) in [5, 5.41) is 50.2. The van der Waals surface area contributed by atoms with E-state index in [1.54, 1.807) is 0 Å². The second kappa shape index (κ2) is 40.4. The fourth-order valence-electron chi connectivity index (χ4n) is 7.03. The summed E-state index contributed by atoms with van der Waals surface area (Å²) in [6, 6.07) is 0. The van der Waals surface area contributed by atoms with Crippen LogP contribution in [0.5, 0.6) is 0 Å². The first kappa shape index (κ1) is 60.3. The van der Waals surface area contributed by atoms with Gasteiger partial charge in [0.05, 0.1) is 6.61 Å². The third-order valence-corrected chi connectivity index (χ3v) is 12.0. The first-order valence-electron chi connectivity index (χ1n) is 24.7. The molecule has 1 aliphatic carbocycles. The summed E-state index contributed by atoms with van der Waals surface area (Å²) in [5.74, 6) is -1.20. The highest BCUT2D eigenvalue weighted by Crippen LogP contribution is 2.47. The highest BCUT2D eigenvalue weighted by atomic mass is 31.2. The first-order chi connectivity index (χ1) is 31.4. The zero-order chi connectivity index (χ0) is 47.8. The number of carbonyl (C=O) groups is 2. The van der Waals surface area contributed by atoms with E-state index in [0.717, 1.165) is 57.8 Å². The van der Waals surface area contributed by atoms with Crippen LogP contribution < -0.4 is 0 Å². The van der Waals surface area contributed by atoms with Gasteiger partial charge in [0.15, 0.2) is 6.10 Å². The van der Waals surface area contributed by atoms with Crippen molar-refractivity contribution in [3.05, 3.63) is 72.9 Å². The Morgan fingerprint density at radius 2 is 0.862 bits per heavy atom. The van der Waals surface area contributed by atoms with Gasteiger partial charge < -0.3 is 39.9 Å². The molecule has 374 valence electrons. The summed E-state index contributed by atoms with van der Waals surface area (Å²) in [6.07, 6.45) is 38.2. The van der Waals surface area contributed by atoms with E-state index < -0.39 is 75.7 Å². The Hall–Kier alpha value is -2.71. The number of phosphoric acid groups is 1. The average Bonchev–Trinajstić information content (AvgIpc) is 3.29. The fraction of sp³-hybridized carbons (Fsp3) is 0.725. The largest absolute Gasteiger partial charge is 0.472 e. The zero-order valence-electron chi connectivity index (χ0n) is 39.8. The summed E-state index contributed by atoms with van der Waals surface area (Å²) in [6.45, 7) is 3.20. The van der Waals surface area contributed by atoms with Crippen LogP contribution in [0.25, 0.3) is 0 Å². The monoisotopic (exact) mass is 939 g/mol. The summed E-state index contributed by atoms with van der Waals surface area (Å²) in [4.78, 5) is 35.7.